The normalized spacial score (nSPS) is 12.4. The lowest BCUT2D eigenvalue weighted by Gasteiger charge is -2.15. The van der Waals surface area contributed by atoms with Crippen molar-refractivity contribution in [1.29, 1.82) is 0 Å². The number of aryl methyl sites for hydroxylation is 2. The highest BCUT2D eigenvalue weighted by atomic mass is 35.5. The van der Waals surface area contributed by atoms with E-state index < -0.39 is 0 Å². The Labute approximate surface area is 118 Å². The second kappa shape index (κ2) is 5.77. The van der Waals surface area contributed by atoms with Gasteiger partial charge in [0.25, 0.3) is 0 Å². The Morgan fingerprint density at radius 1 is 1.28 bits per heavy atom. The molecule has 18 heavy (non-hydrogen) atoms. The highest BCUT2D eigenvalue weighted by Crippen LogP contribution is 2.31. The molecule has 1 atom stereocenters. The molecule has 1 nitrogen and oxygen atoms in total. The number of benzene rings is 1. The third-order valence-corrected chi connectivity index (χ3v) is 4.94. The van der Waals surface area contributed by atoms with E-state index in [-0.39, 0.29) is 6.04 Å². The van der Waals surface area contributed by atoms with Crippen molar-refractivity contribution in [2.45, 2.75) is 33.2 Å². The largest absolute Gasteiger partial charge is 0.376 e. The smallest absolute Gasteiger partial charge is 0.0666 e. The quantitative estimate of drug-likeness (QED) is 0.785. The van der Waals surface area contributed by atoms with Crippen molar-refractivity contribution in [3.8, 4) is 0 Å². The third kappa shape index (κ3) is 2.88. The van der Waals surface area contributed by atoms with Crippen molar-refractivity contribution < 1.29 is 0 Å². The van der Waals surface area contributed by atoms with Gasteiger partial charge < -0.3 is 5.32 Å². The molecule has 1 aromatic heterocycles. The highest BCUT2D eigenvalue weighted by Gasteiger charge is 2.10. The van der Waals surface area contributed by atoms with Crippen LogP contribution in [0.5, 0.6) is 0 Å². The summed E-state index contributed by atoms with van der Waals surface area (Å²) in [5.74, 6) is 0. The highest BCUT2D eigenvalue weighted by molar-refractivity contribution is 7.12. The summed E-state index contributed by atoms with van der Waals surface area (Å²) in [6, 6.07) is 10.8. The molecule has 2 aromatic rings. The standard InChI is InChI=1S/C15H18ClNS/c1-4-12-8-9-14(18-12)11(3)17-13-7-5-6-10(2)15(13)16/h5-9,11,17H,4H2,1-3H3. The first kappa shape index (κ1) is 13.4. The second-order valence-electron chi connectivity index (χ2n) is 4.46. The Balaban J connectivity index is 2.15. The molecule has 1 heterocycles. The zero-order valence-electron chi connectivity index (χ0n) is 11.0. The van der Waals surface area contributed by atoms with Crippen LogP contribution in [-0.2, 0) is 6.42 Å². The predicted molar refractivity (Wildman–Crippen MR) is 81.9 cm³/mol. The van der Waals surface area contributed by atoms with Crippen LogP contribution in [-0.4, -0.2) is 0 Å². The molecule has 0 fully saturated rings. The molecule has 0 aliphatic heterocycles. The van der Waals surface area contributed by atoms with Crippen LogP contribution in [0.2, 0.25) is 5.02 Å². The molecule has 0 amide bonds. The number of thiophene rings is 1. The Morgan fingerprint density at radius 2 is 2.06 bits per heavy atom. The summed E-state index contributed by atoms with van der Waals surface area (Å²) in [6.45, 7) is 6.38. The van der Waals surface area contributed by atoms with E-state index in [0.717, 1.165) is 22.7 Å². The van der Waals surface area contributed by atoms with Gasteiger partial charge in [0.15, 0.2) is 0 Å². The molecule has 2 rings (SSSR count). The van der Waals surface area contributed by atoms with E-state index in [1.54, 1.807) is 0 Å². The SMILES string of the molecule is CCc1ccc(C(C)Nc2cccc(C)c2Cl)s1. The Bertz CT molecular complexity index is 533. The van der Waals surface area contributed by atoms with Gasteiger partial charge >= 0.3 is 0 Å². The van der Waals surface area contributed by atoms with Crippen LogP contribution in [0.25, 0.3) is 0 Å². The number of nitrogens with one attached hydrogen (secondary N) is 1. The first-order valence-electron chi connectivity index (χ1n) is 6.22. The van der Waals surface area contributed by atoms with E-state index in [9.17, 15) is 0 Å². The van der Waals surface area contributed by atoms with E-state index in [2.05, 4.69) is 31.3 Å². The lowest BCUT2D eigenvalue weighted by molar-refractivity contribution is 0.908. The van der Waals surface area contributed by atoms with E-state index in [1.165, 1.54) is 9.75 Å². The van der Waals surface area contributed by atoms with Crippen LogP contribution in [0.15, 0.2) is 30.3 Å². The first-order valence-corrected chi connectivity index (χ1v) is 7.41. The summed E-state index contributed by atoms with van der Waals surface area (Å²) < 4.78 is 0. The third-order valence-electron chi connectivity index (χ3n) is 3.02. The fourth-order valence-corrected chi connectivity index (χ4v) is 3.02. The number of halogens is 1. The van der Waals surface area contributed by atoms with Gasteiger partial charge in [0.1, 0.15) is 0 Å². The molecule has 96 valence electrons. The summed E-state index contributed by atoms with van der Waals surface area (Å²) in [4.78, 5) is 2.78. The molecule has 0 saturated heterocycles. The maximum absolute atomic E-state index is 6.30. The van der Waals surface area contributed by atoms with Crippen LogP contribution < -0.4 is 5.32 Å². The van der Waals surface area contributed by atoms with Crippen molar-refractivity contribution in [3.05, 3.63) is 50.7 Å². The molecular formula is C15H18ClNS. The first-order chi connectivity index (χ1) is 8.61. The number of anilines is 1. The fraction of sp³-hybridized carbons (Fsp3) is 0.333. The van der Waals surface area contributed by atoms with Gasteiger partial charge in [-0.3, -0.25) is 0 Å². The minimum atomic E-state index is 0.287. The number of rotatable bonds is 4. The van der Waals surface area contributed by atoms with Gasteiger partial charge in [-0.25, -0.2) is 0 Å². The van der Waals surface area contributed by atoms with Gasteiger partial charge in [-0.2, -0.15) is 0 Å². The van der Waals surface area contributed by atoms with E-state index in [4.69, 9.17) is 11.6 Å². The summed E-state index contributed by atoms with van der Waals surface area (Å²) in [5.41, 5.74) is 2.12. The topological polar surface area (TPSA) is 12.0 Å². The van der Waals surface area contributed by atoms with Crippen molar-refractivity contribution in [2.75, 3.05) is 5.32 Å². The lowest BCUT2D eigenvalue weighted by Crippen LogP contribution is -2.05. The van der Waals surface area contributed by atoms with Crippen molar-refractivity contribution in [3.63, 3.8) is 0 Å². The van der Waals surface area contributed by atoms with E-state index in [0.29, 0.717) is 0 Å². The zero-order chi connectivity index (χ0) is 13.1. The van der Waals surface area contributed by atoms with Crippen LogP contribution in [0.4, 0.5) is 5.69 Å². The van der Waals surface area contributed by atoms with E-state index >= 15 is 0 Å². The van der Waals surface area contributed by atoms with Gasteiger partial charge in [-0.05, 0) is 44.0 Å². The summed E-state index contributed by atoms with van der Waals surface area (Å²) >= 11 is 8.16. The van der Waals surface area contributed by atoms with Gasteiger partial charge in [0.2, 0.25) is 0 Å². The number of hydrogen-bond donors (Lipinski definition) is 1. The predicted octanol–water partition coefficient (Wildman–Crippen LogP) is 5.45. The molecular weight excluding hydrogens is 262 g/mol. The molecule has 1 aromatic carbocycles. The molecule has 0 bridgehead atoms. The van der Waals surface area contributed by atoms with Crippen molar-refractivity contribution in [1.82, 2.24) is 0 Å². The van der Waals surface area contributed by atoms with Gasteiger partial charge in [0, 0.05) is 9.75 Å². The van der Waals surface area contributed by atoms with Gasteiger partial charge in [-0.15, -0.1) is 11.3 Å². The average molecular weight is 280 g/mol. The molecule has 0 aliphatic carbocycles. The Hall–Kier alpha value is -0.990. The second-order valence-corrected chi connectivity index (χ2v) is 6.04. The van der Waals surface area contributed by atoms with Crippen LogP contribution >= 0.6 is 22.9 Å². The van der Waals surface area contributed by atoms with Crippen molar-refractivity contribution in [2.24, 2.45) is 0 Å². The Kier molecular flexibility index (Phi) is 4.31. The van der Waals surface area contributed by atoms with Gasteiger partial charge in [0.05, 0.1) is 16.8 Å². The minimum Gasteiger partial charge on any atom is -0.376 e. The van der Waals surface area contributed by atoms with Crippen LogP contribution in [0.1, 0.15) is 35.2 Å². The molecule has 0 radical (unpaired) electrons. The molecule has 1 N–H and O–H groups in total. The molecule has 0 spiro atoms. The fourth-order valence-electron chi connectivity index (χ4n) is 1.88. The summed E-state index contributed by atoms with van der Waals surface area (Å²) in [5, 5.41) is 4.30. The maximum atomic E-state index is 6.30. The van der Waals surface area contributed by atoms with Crippen molar-refractivity contribution >= 4 is 28.6 Å². The van der Waals surface area contributed by atoms with Crippen LogP contribution in [0, 0.1) is 6.92 Å². The Morgan fingerprint density at radius 3 is 2.72 bits per heavy atom. The molecule has 0 aliphatic rings. The minimum absolute atomic E-state index is 0.287. The lowest BCUT2D eigenvalue weighted by atomic mass is 10.2. The molecule has 1 unspecified atom stereocenters. The zero-order valence-corrected chi connectivity index (χ0v) is 12.5. The van der Waals surface area contributed by atoms with Gasteiger partial charge in [-0.1, -0.05) is 30.7 Å². The van der Waals surface area contributed by atoms with E-state index in [1.807, 2.05) is 36.5 Å². The average Bonchev–Trinajstić information content (AvgIpc) is 2.83. The maximum Gasteiger partial charge on any atom is 0.0666 e. The number of hydrogen-bond acceptors (Lipinski definition) is 2. The molecule has 0 saturated carbocycles. The summed E-state index contributed by atoms with van der Waals surface area (Å²) in [7, 11) is 0. The summed E-state index contributed by atoms with van der Waals surface area (Å²) in [6.07, 6.45) is 1.10. The molecule has 3 heteroatoms. The van der Waals surface area contributed by atoms with Crippen LogP contribution in [0.3, 0.4) is 0 Å². The monoisotopic (exact) mass is 279 g/mol.